The van der Waals surface area contributed by atoms with E-state index in [2.05, 4.69) is 4.90 Å². The number of carbonyl (C=O) groups excluding carboxylic acids is 1. The number of likely N-dealkylation sites (tertiary alicyclic amines) is 1. The van der Waals surface area contributed by atoms with Gasteiger partial charge in [0.05, 0.1) is 16.2 Å². The van der Waals surface area contributed by atoms with Crippen LogP contribution in [-0.4, -0.2) is 53.6 Å². The highest BCUT2D eigenvalue weighted by Crippen LogP contribution is 2.30. The van der Waals surface area contributed by atoms with Crippen LogP contribution in [0.2, 0.25) is 0 Å². The second-order valence-electron chi connectivity index (χ2n) is 6.59. The van der Waals surface area contributed by atoms with Gasteiger partial charge in [0.25, 0.3) is 11.6 Å². The predicted molar refractivity (Wildman–Crippen MR) is 90.3 cm³/mol. The third-order valence-corrected chi connectivity index (χ3v) is 4.93. The molecule has 1 aromatic carbocycles. The van der Waals surface area contributed by atoms with Gasteiger partial charge < -0.3 is 14.9 Å². The molecule has 0 aromatic heterocycles. The summed E-state index contributed by atoms with van der Waals surface area (Å²) in [6.07, 6.45) is 3.90. The van der Waals surface area contributed by atoms with Crippen molar-refractivity contribution in [3.63, 3.8) is 0 Å². The van der Waals surface area contributed by atoms with Crippen LogP contribution in [-0.2, 0) is 0 Å². The fourth-order valence-corrected chi connectivity index (χ4v) is 3.61. The van der Waals surface area contributed by atoms with Crippen molar-refractivity contribution < 1.29 is 14.8 Å². The van der Waals surface area contributed by atoms with Gasteiger partial charge in [-0.3, -0.25) is 14.9 Å². The number of rotatable bonds is 4. The molecule has 2 saturated heterocycles. The molecule has 2 heterocycles. The second-order valence-corrected chi connectivity index (χ2v) is 6.59. The highest BCUT2D eigenvalue weighted by atomic mass is 16.6. The Bertz CT molecular complexity index is 628. The average molecular weight is 333 g/mol. The quantitative estimate of drug-likeness (QED) is 0.673. The minimum atomic E-state index is -0.461. The van der Waals surface area contributed by atoms with Gasteiger partial charge in [0.15, 0.2) is 0 Å². The summed E-state index contributed by atoms with van der Waals surface area (Å²) in [6.45, 7) is 2.96. The Kier molecular flexibility index (Phi) is 4.99. The maximum absolute atomic E-state index is 13.0. The Morgan fingerprint density at radius 1 is 1.25 bits per heavy atom. The molecule has 3 rings (SSSR count). The van der Waals surface area contributed by atoms with Crippen LogP contribution in [0.3, 0.4) is 0 Å². The molecule has 7 heteroatoms. The molecule has 0 spiro atoms. The van der Waals surface area contributed by atoms with E-state index in [0.717, 1.165) is 44.5 Å². The molecule has 0 saturated carbocycles. The van der Waals surface area contributed by atoms with E-state index in [4.69, 9.17) is 0 Å². The lowest BCUT2D eigenvalue weighted by molar-refractivity contribution is -0.384. The van der Waals surface area contributed by atoms with Crippen LogP contribution in [0.25, 0.3) is 0 Å². The number of piperidine rings is 1. The van der Waals surface area contributed by atoms with Crippen LogP contribution in [0, 0.1) is 16.0 Å². The molecule has 0 bridgehead atoms. The van der Waals surface area contributed by atoms with Gasteiger partial charge in [0.1, 0.15) is 0 Å². The first-order chi connectivity index (χ1) is 11.6. The zero-order valence-corrected chi connectivity index (χ0v) is 13.7. The molecular weight excluding hydrogens is 310 g/mol. The van der Waals surface area contributed by atoms with Crippen molar-refractivity contribution in [3.05, 3.63) is 33.9 Å². The van der Waals surface area contributed by atoms with E-state index in [9.17, 15) is 20.0 Å². The number of carbonyl (C=O) groups is 1. The molecule has 2 aliphatic rings. The minimum absolute atomic E-state index is 0.0583. The summed E-state index contributed by atoms with van der Waals surface area (Å²) < 4.78 is 0. The normalized spacial score (nSPS) is 21.1. The standard InChI is InChI=1S/C17H23N3O4/c21-12-13-4-3-9-19(11-13)17(22)15-10-14(20(23)24)5-6-16(15)18-7-1-2-8-18/h5-6,10,13,21H,1-4,7-9,11-12H2. The average Bonchev–Trinajstić information content (AvgIpc) is 3.15. The molecule has 2 aliphatic heterocycles. The summed E-state index contributed by atoms with van der Waals surface area (Å²) in [5.41, 5.74) is 1.14. The van der Waals surface area contributed by atoms with Crippen molar-refractivity contribution in [3.8, 4) is 0 Å². The molecule has 130 valence electrons. The van der Waals surface area contributed by atoms with Crippen molar-refractivity contribution in [2.75, 3.05) is 37.7 Å². The lowest BCUT2D eigenvalue weighted by Gasteiger charge is -2.33. The highest BCUT2D eigenvalue weighted by Gasteiger charge is 2.28. The largest absolute Gasteiger partial charge is 0.396 e. The molecular formula is C17H23N3O4. The molecule has 7 nitrogen and oxygen atoms in total. The van der Waals surface area contributed by atoms with Gasteiger partial charge in [0, 0.05) is 44.9 Å². The zero-order chi connectivity index (χ0) is 17.1. The summed E-state index contributed by atoms with van der Waals surface area (Å²) in [6, 6.07) is 4.57. The number of aliphatic hydroxyl groups is 1. The summed E-state index contributed by atoms with van der Waals surface area (Å²) in [5, 5.41) is 20.5. The van der Waals surface area contributed by atoms with Crippen LogP contribution in [0.15, 0.2) is 18.2 Å². The fraction of sp³-hybridized carbons (Fsp3) is 0.588. The maximum atomic E-state index is 13.0. The maximum Gasteiger partial charge on any atom is 0.270 e. The lowest BCUT2D eigenvalue weighted by Crippen LogP contribution is -2.41. The molecule has 1 aromatic rings. The first-order valence-electron chi connectivity index (χ1n) is 8.53. The monoisotopic (exact) mass is 333 g/mol. The minimum Gasteiger partial charge on any atom is -0.396 e. The van der Waals surface area contributed by atoms with E-state index in [-0.39, 0.29) is 24.1 Å². The lowest BCUT2D eigenvalue weighted by atomic mass is 9.98. The number of anilines is 1. The fourth-order valence-electron chi connectivity index (χ4n) is 3.61. The number of nitrogens with zero attached hydrogens (tertiary/aromatic N) is 3. The molecule has 0 aliphatic carbocycles. The number of hydrogen-bond acceptors (Lipinski definition) is 5. The Balaban J connectivity index is 1.92. The van der Waals surface area contributed by atoms with E-state index in [1.165, 1.54) is 12.1 Å². The van der Waals surface area contributed by atoms with Crippen LogP contribution in [0.5, 0.6) is 0 Å². The first kappa shape index (κ1) is 16.7. The van der Waals surface area contributed by atoms with Gasteiger partial charge in [-0.25, -0.2) is 0 Å². The van der Waals surface area contributed by atoms with Crippen LogP contribution < -0.4 is 4.90 Å². The van der Waals surface area contributed by atoms with E-state index in [0.29, 0.717) is 18.7 Å². The Hall–Kier alpha value is -2.15. The molecule has 1 atom stereocenters. The Morgan fingerprint density at radius 2 is 2.00 bits per heavy atom. The Morgan fingerprint density at radius 3 is 2.67 bits per heavy atom. The number of aliphatic hydroxyl groups excluding tert-OH is 1. The number of hydrogen-bond donors (Lipinski definition) is 1. The Labute approximate surface area is 141 Å². The van der Waals surface area contributed by atoms with Gasteiger partial charge in [-0.15, -0.1) is 0 Å². The molecule has 2 fully saturated rings. The first-order valence-corrected chi connectivity index (χ1v) is 8.53. The molecule has 0 radical (unpaired) electrons. The van der Waals surface area contributed by atoms with Crippen molar-refractivity contribution >= 4 is 17.3 Å². The van der Waals surface area contributed by atoms with Crippen LogP contribution in [0.1, 0.15) is 36.0 Å². The smallest absolute Gasteiger partial charge is 0.270 e. The zero-order valence-electron chi connectivity index (χ0n) is 13.7. The van der Waals surface area contributed by atoms with Crippen molar-refractivity contribution in [1.29, 1.82) is 0 Å². The van der Waals surface area contributed by atoms with Crippen LogP contribution in [0.4, 0.5) is 11.4 Å². The van der Waals surface area contributed by atoms with Gasteiger partial charge in [-0.1, -0.05) is 0 Å². The van der Waals surface area contributed by atoms with E-state index >= 15 is 0 Å². The van der Waals surface area contributed by atoms with Crippen LogP contribution >= 0.6 is 0 Å². The van der Waals surface area contributed by atoms with Gasteiger partial charge in [-0.2, -0.15) is 0 Å². The molecule has 1 amide bonds. The number of benzene rings is 1. The van der Waals surface area contributed by atoms with E-state index in [1.807, 2.05) is 0 Å². The summed E-state index contributed by atoms with van der Waals surface area (Å²) in [5.74, 6) is -0.0737. The highest BCUT2D eigenvalue weighted by molar-refractivity contribution is 6.00. The van der Waals surface area contributed by atoms with Crippen molar-refractivity contribution in [2.24, 2.45) is 5.92 Å². The van der Waals surface area contributed by atoms with E-state index < -0.39 is 4.92 Å². The van der Waals surface area contributed by atoms with Gasteiger partial charge >= 0.3 is 0 Å². The van der Waals surface area contributed by atoms with Crippen molar-refractivity contribution in [1.82, 2.24) is 4.90 Å². The number of nitro groups is 1. The topological polar surface area (TPSA) is 86.9 Å². The SMILES string of the molecule is O=C(c1cc([N+](=O)[O-])ccc1N1CCCC1)N1CCCC(CO)C1. The number of amides is 1. The third kappa shape index (κ3) is 3.36. The van der Waals surface area contributed by atoms with Crippen molar-refractivity contribution in [2.45, 2.75) is 25.7 Å². The summed E-state index contributed by atoms with van der Waals surface area (Å²) in [4.78, 5) is 27.5. The molecule has 24 heavy (non-hydrogen) atoms. The van der Waals surface area contributed by atoms with Gasteiger partial charge in [0.2, 0.25) is 0 Å². The van der Waals surface area contributed by atoms with E-state index in [1.54, 1.807) is 11.0 Å². The summed E-state index contributed by atoms with van der Waals surface area (Å²) >= 11 is 0. The number of nitro benzene ring substituents is 1. The number of non-ortho nitro benzene ring substituents is 1. The van der Waals surface area contributed by atoms with Gasteiger partial charge in [-0.05, 0) is 37.7 Å². The second kappa shape index (κ2) is 7.17. The predicted octanol–water partition coefficient (Wildman–Crippen LogP) is 2.04. The molecule has 1 N–H and O–H groups in total. The molecule has 1 unspecified atom stereocenters. The summed E-state index contributed by atoms with van der Waals surface area (Å²) in [7, 11) is 0. The third-order valence-electron chi connectivity index (χ3n) is 4.93.